The van der Waals surface area contributed by atoms with E-state index < -0.39 is 11.9 Å². The van der Waals surface area contributed by atoms with Crippen molar-refractivity contribution >= 4 is 17.0 Å². The molecule has 3 aliphatic rings. The summed E-state index contributed by atoms with van der Waals surface area (Å²) in [6.45, 7) is 6.59. The highest BCUT2D eigenvalue weighted by molar-refractivity contribution is 5.85. The van der Waals surface area contributed by atoms with Gasteiger partial charge in [0.15, 0.2) is 11.5 Å². The Labute approximate surface area is 221 Å². The molecule has 1 saturated heterocycles. The van der Waals surface area contributed by atoms with Crippen LogP contribution in [-0.2, 0) is 11.3 Å². The molecule has 2 aliphatic carbocycles. The number of ether oxygens (including phenoxy) is 1. The number of nitrogens with zero attached hydrogens (tertiary/aromatic N) is 5. The van der Waals surface area contributed by atoms with Crippen LogP contribution < -0.4 is 11.1 Å². The van der Waals surface area contributed by atoms with Gasteiger partial charge in [-0.1, -0.05) is 31.3 Å². The predicted molar refractivity (Wildman–Crippen MR) is 141 cm³/mol. The van der Waals surface area contributed by atoms with Crippen LogP contribution in [0.25, 0.3) is 22.8 Å². The lowest BCUT2D eigenvalue weighted by Crippen LogP contribution is -2.31. The number of imidazole rings is 1. The van der Waals surface area contributed by atoms with Crippen LogP contribution in [0.4, 0.5) is 5.82 Å². The Kier molecular flexibility index (Phi) is 7.22. The summed E-state index contributed by atoms with van der Waals surface area (Å²) >= 11 is 0. The first-order valence-electron chi connectivity index (χ1n) is 14.3. The van der Waals surface area contributed by atoms with Crippen molar-refractivity contribution in [1.29, 1.82) is 0 Å². The Morgan fingerprint density at radius 1 is 1.05 bits per heavy atom. The van der Waals surface area contributed by atoms with Gasteiger partial charge < -0.3 is 19.7 Å². The molecule has 2 saturated carbocycles. The molecule has 3 aromatic rings. The van der Waals surface area contributed by atoms with Crippen LogP contribution in [-0.4, -0.2) is 54.0 Å². The van der Waals surface area contributed by atoms with Crippen molar-refractivity contribution in [2.75, 3.05) is 18.5 Å². The first-order chi connectivity index (χ1) is 18.5. The number of aliphatic hydroxyl groups excluding tert-OH is 1. The lowest BCUT2D eigenvalue weighted by atomic mass is 9.80. The fraction of sp³-hybridized carbons (Fsp3) is 0.741. The number of rotatable bonds is 8. The van der Waals surface area contributed by atoms with Crippen molar-refractivity contribution in [3.8, 4) is 11.6 Å². The Bertz CT molecular complexity index is 1300. The van der Waals surface area contributed by atoms with E-state index in [1.54, 1.807) is 0 Å². The number of nitrogens with one attached hydrogen (secondary N) is 2. The molecule has 206 valence electrons. The molecule has 3 N–H and O–H groups in total. The monoisotopic (exact) mass is 525 g/mol. The van der Waals surface area contributed by atoms with Crippen LogP contribution in [0.2, 0.25) is 0 Å². The topological polar surface area (TPSA) is 144 Å². The number of aliphatic hydroxyl groups is 1. The fourth-order valence-electron chi connectivity index (χ4n) is 6.28. The van der Waals surface area contributed by atoms with E-state index in [0.29, 0.717) is 42.3 Å². The summed E-state index contributed by atoms with van der Waals surface area (Å²) in [6.07, 6.45) is 9.28. The zero-order chi connectivity index (χ0) is 26.2. The molecule has 3 fully saturated rings. The third-order valence-electron chi connectivity index (χ3n) is 9.06. The number of anilines is 1. The van der Waals surface area contributed by atoms with Crippen molar-refractivity contribution < 1.29 is 14.4 Å². The van der Waals surface area contributed by atoms with E-state index in [9.17, 15) is 9.90 Å². The highest BCUT2D eigenvalue weighted by atomic mass is 16.5. The number of hydrogen-bond acceptors (Lipinski definition) is 9. The molecule has 38 heavy (non-hydrogen) atoms. The second-order valence-corrected chi connectivity index (χ2v) is 11.7. The van der Waals surface area contributed by atoms with Crippen LogP contribution in [0.15, 0.2) is 9.32 Å². The molecule has 11 nitrogen and oxygen atoms in total. The number of fused-ring (bicyclic) bond motifs is 1. The minimum atomic E-state index is -0.720. The summed E-state index contributed by atoms with van der Waals surface area (Å²) in [5, 5.41) is 19.1. The zero-order valence-corrected chi connectivity index (χ0v) is 22.4. The van der Waals surface area contributed by atoms with Crippen molar-refractivity contribution in [2.45, 2.75) is 90.3 Å². The third-order valence-corrected chi connectivity index (χ3v) is 9.06. The molecule has 11 heteroatoms. The van der Waals surface area contributed by atoms with Crippen LogP contribution in [0.1, 0.15) is 83.6 Å². The molecule has 4 heterocycles. The fourth-order valence-corrected chi connectivity index (χ4v) is 6.28. The van der Waals surface area contributed by atoms with Gasteiger partial charge in [0, 0.05) is 25.8 Å². The van der Waals surface area contributed by atoms with Gasteiger partial charge in [-0.3, -0.25) is 9.51 Å². The smallest absolute Gasteiger partial charge is 0.385 e. The van der Waals surface area contributed by atoms with Crippen molar-refractivity contribution in [2.24, 2.45) is 23.7 Å². The van der Waals surface area contributed by atoms with Crippen molar-refractivity contribution in [1.82, 2.24) is 29.7 Å². The van der Waals surface area contributed by atoms with E-state index in [0.717, 1.165) is 43.7 Å². The van der Waals surface area contributed by atoms with E-state index in [2.05, 4.69) is 33.9 Å². The van der Waals surface area contributed by atoms with E-state index >= 15 is 0 Å². The van der Waals surface area contributed by atoms with Gasteiger partial charge >= 0.3 is 5.76 Å². The van der Waals surface area contributed by atoms with Crippen LogP contribution >= 0.6 is 0 Å². The number of hydrogen-bond donors (Lipinski definition) is 3. The van der Waals surface area contributed by atoms with Crippen LogP contribution in [0.3, 0.4) is 0 Å². The Morgan fingerprint density at radius 3 is 2.47 bits per heavy atom. The van der Waals surface area contributed by atoms with E-state index in [1.165, 1.54) is 32.1 Å². The Hall–Kier alpha value is -2.79. The van der Waals surface area contributed by atoms with E-state index in [4.69, 9.17) is 24.2 Å². The maximum atomic E-state index is 11.7. The summed E-state index contributed by atoms with van der Waals surface area (Å²) in [4.78, 5) is 28.7. The van der Waals surface area contributed by atoms with Crippen LogP contribution in [0.5, 0.6) is 0 Å². The molecule has 3 aromatic heterocycles. The number of aromatic nitrogens is 6. The summed E-state index contributed by atoms with van der Waals surface area (Å²) in [6, 6.07) is 0.216. The minimum absolute atomic E-state index is 0.0790. The largest absolute Gasteiger partial charge is 0.439 e. The average Bonchev–Trinajstić information content (AvgIpc) is 3.48. The van der Waals surface area contributed by atoms with Gasteiger partial charge in [-0.25, -0.2) is 19.7 Å². The SMILES string of the molecule is C[C@@H](Nc1nc(-c2noc(=O)[nH]2)nc2nc(C(O)C3CCOCC3)n(C[C@H]3CC[C@H](C)CC3)c12)C1CCC1. The Balaban J connectivity index is 1.46. The molecular weight excluding hydrogens is 486 g/mol. The van der Waals surface area contributed by atoms with Gasteiger partial charge in [-0.2, -0.15) is 0 Å². The zero-order valence-electron chi connectivity index (χ0n) is 22.4. The van der Waals surface area contributed by atoms with Gasteiger partial charge in [-0.15, -0.1) is 0 Å². The standard InChI is InChI=1S/C27H39N7O4/c1-15-6-8-17(9-7-15)14-34-20-22(28-16(2)18-4-3-5-18)29-24(25-32-27(36)38-33-25)30-23(20)31-26(34)21(35)19-10-12-37-13-11-19/h15-19,21,35H,3-14H2,1-2H3,(H,28,29,30)(H,32,33,36)/t15-,16-,17-,21?/m1/s1. The molecular formula is C27H39N7O4. The van der Waals surface area contributed by atoms with E-state index in [-0.39, 0.29) is 23.6 Å². The first kappa shape index (κ1) is 25.5. The van der Waals surface area contributed by atoms with Gasteiger partial charge in [0.2, 0.25) is 11.6 Å². The molecule has 0 radical (unpaired) electrons. The molecule has 1 aliphatic heterocycles. The maximum Gasteiger partial charge on any atom is 0.439 e. The quantitative estimate of drug-likeness (QED) is 0.396. The van der Waals surface area contributed by atoms with E-state index in [1.807, 2.05) is 0 Å². The summed E-state index contributed by atoms with van der Waals surface area (Å²) in [5.41, 5.74) is 1.30. The predicted octanol–water partition coefficient (Wildman–Crippen LogP) is 4.06. The van der Waals surface area contributed by atoms with Crippen LogP contribution in [0, 0.1) is 23.7 Å². The van der Waals surface area contributed by atoms with Gasteiger partial charge in [0.1, 0.15) is 17.4 Å². The number of aromatic amines is 1. The molecule has 0 spiro atoms. The maximum absolute atomic E-state index is 11.7. The number of H-pyrrole nitrogens is 1. The lowest BCUT2D eigenvalue weighted by molar-refractivity contribution is 0.00228. The molecule has 6 rings (SSSR count). The molecule has 1 unspecified atom stereocenters. The van der Waals surface area contributed by atoms with Gasteiger partial charge in [0.25, 0.3) is 0 Å². The Morgan fingerprint density at radius 2 is 1.82 bits per heavy atom. The normalized spacial score (nSPS) is 24.8. The second-order valence-electron chi connectivity index (χ2n) is 11.7. The summed E-state index contributed by atoms with van der Waals surface area (Å²) in [7, 11) is 0. The third kappa shape index (κ3) is 5.10. The summed E-state index contributed by atoms with van der Waals surface area (Å²) in [5.74, 6) is 2.98. The second kappa shape index (κ2) is 10.8. The van der Waals surface area contributed by atoms with Crippen molar-refractivity contribution in [3.63, 3.8) is 0 Å². The molecule has 0 bridgehead atoms. The highest BCUT2D eigenvalue weighted by Gasteiger charge is 2.32. The lowest BCUT2D eigenvalue weighted by Gasteiger charge is -2.32. The summed E-state index contributed by atoms with van der Waals surface area (Å²) < 4.78 is 12.5. The molecule has 0 aromatic carbocycles. The van der Waals surface area contributed by atoms with Crippen molar-refractivity contribution in [3.05, 3.63) is 16.4 Å². The van der Waals surface area contributed by atoms with Gasteiger partial charge in [0.05, 0.1) is 0 Å². The minimum Gasteiger partial charge on any atom is -0.385 e. The molecule has 0 amide bonds. The van der Waals surface area contributed by atoms with Gasteiger partial charge in [-0.05, 0) is 69.1 Å². The molecule has 2 atom stereocenters. The highest BCUT2D eigenvalue weighted by Crippen LogP contribution is 2.38. The first-order valence-corrected chi connectivity index (χ1v) is 14.3. The average molecular weight is 526 g/mol.